The first-order valence-electron chi connectivity index (χ1n) is 5.42. The van der Waals surface area contributed by atoms with Crippen molar-refractivity contribution in [2.45, 2.75) is 25.3 Å². The summed E-state index contributed by atoms with van der Waals surface area (Å²) in [4.78, 5) is 11.1. The second-order valence-corrected chi connectivity index (χ2v) is 5.02. The summed E-state index contributed by atoms with van der Waals surface area (Å²) < 4.78 is 0.813. The van der Waals surface area contributed by atoms with Gasteiger partial charge in [0.15, 0.2) is 0 Å². The molecule has 0 bridgehead atoms. The van der Waals surface area contributed by atoms with Crippen LogP contribution in [0.3, 0.4) is 0 Å². The Hall–Kier alpha value is -0.870. The molecule has 2 rings (SSSR count). The molecule has 1 aromatic carbocycles. The molecule has 1 aromatic rings. The van der Waals surface area contributed by atoms with Gasteiger partial charge in [-0.2, -0.15) is 0 Å². The van der Waals surface area contributed by atoms with Crippen LogP contribution in [0.25, 0.3) is 0 Å². The second kappa shape index (κ2) is 4.97. The van der Waals surface area contributed by atoms with Crippen LogP contribution in [-0.4, -0.2) is 23.7 Å². The summed E-state index contributed by atoms with van der Waals surface area (Å²) >= 11 is 3.30. The van der Waals surface area contributed by atoms with Crippen LogP contribution in [0, 0.1) is 0 Å². The van der Waals surface area contributed by atoms with Gasteiger partial charge in [0.05, 0.1) is 5.56 Å². The lowest BCUT2D eigenvalue weighted by molar-refractivity contribution is 0.0695. The standard InChI is InChI=1S/C12H14BrNO2/c13-9-4-3-8(11(7-9)12(15)16)6-10-2-1-5-14-10/h3-4,7,10,14H,1-2,5-6H2,(H,15,16). The molecule has 1 aliphatic heterocycles. The zero-order chi connectivity index (χ0) is 11.5. The summed E-state index contributed by atoms with van der Waals surface area (Å²) in [6.07, 6.45) is 3.12. The van der Waals surface area contributed by atoms with E-state index in [0.29, 0.717) is 11.6 Å². The molecule has 1 saturated heterocycles. The Labute approximate surface area is 103 Å². The molecule has 0 radical (unpaired) electrons. The molecule has 0 aliphatic carbocycles. The van der Waals surface area contributed by atoms with E-state index < -0.39 is 5.97 Å². The molecular weight excluding hydrogens is 270 g/mol. The van der Waals surface area contributed by atoms with Gasteiger partial charge in [0.25, 0.3) is 0 Å². The fraction of sp³-hybridized carbons (Fsp3) is 0.417. The van der Waals surface area contributed by atoms with Crippen LogP contribution >= 0.6 is 15.9 Å². The first kappa shape index (κ1) is 11.6. The fourth-order valence-corrected chi connectivity index (χ4v) is 2.48. The number of hydrogen-bond acceptors (Lipinski definition) is 2. The van der Waals surface area contributed by atoms with Crippen molar-refractivity contribution < 1.29 is 9.90 Å². The molecule has 1 fully saturated rings. The number of carboxylic acid groups (broad SMARTS) is 1. The molecule has 1 atom stereocenters. The fourth-order valence-electron chi connectivity index (χ4n) is 2.12. The Kier molecular flexibility index (Phi) is 3.61. The molecular formula is C12H14BrNO2. The predicted molar refractivity (Wildman–Crippen MR) is 65.8 cm³/mol. The van der Waals surface area contributed by atoms with Gasteiger partial charge in [0.1, 0.15) is 0 Å². The van der Waals surface area contributed by atoms with Crippen molar-refractivity contribution in [2.24, 2.45) is 0 Å². The zero-order valence-corrected chi connectivity index (χ0v) is 10.5. The van der Waals surface area contributed by atoms with E-state index >= 15 is 0 Å². The Morgan fingerprint density at radius 2 is 2.38 bits per heavy atom. The summed E-state index contributed by atoms with van der Waals surface area (Å²) in [7, 11) is 0. The lowest BCUT2D eigenvalue weighted by Gasteiger charge is -2.12. The summed E-state index contributed by atoms with van der Waals surface area (Å²) in [6.45, 7) is 1.05. The number of nitrogens with one attached hydrogen (secondary N) is 1. The number of aromatic carboxylic acids is 1. The highest BCUT2D eigenvalue weighted by Crippen LogP contribution is 2.20. The Bertz CT molecular complexity index is 400. The lowest BCUT2D eigenvalue weighted by Crippen LogP contribution is -2.24. The molecule has 0 amide bonds. The lowest BCUT2D eigenvalue weighted by atomic mass is 9.99. The molecule has 2 N–H and O–H groups in total. The normalized spacial score (nSPS) is 19.9. The Morgan fingerprint density at radius 3 is 3.00 bits per heavy atom. The largest absolute Gasteiger partial charge is 0.478 e. The number of hydrogen-bond donors (Lipinski definition) is 2. The third kappa shape index (κ3) is 2.62. The van der Waals surface area contributed by atoms with Crippen molar-refractivity contribution in [2.75, 3.05) is 6.54 Å². The van der Waals surface area contributed by atoms with Gasteiger partial charge in [-0.1, -0.05) is 22.0 Å². The molecule has 86 valence electrons. The third-order valence-electron chi connectivity index (χ3n) is 2.93. The minimum Gasteiger partial charge on any atom is -0.478 e. The van der Waals surface area contributed by atoms with E-state index in [4.69, 9.17) is 5.11 Å². The number of benzene rings is 1. The minimum absolute atomic E-state index is 0.406. The molecule has 4 heteroatoms. The maximum Gasteiger partial charge on any atom is 0.336 e. The number of halogens is 1. The van der Waals surface area contributed by atoms with Crippen molar-refractivity contribution in [3.8, 4) is 0 Å². The van der Waals surface area contributed by atoms with Crippen LogP contribution in [0.4, 0.5) is 0 Å². The topological polar surface area (TPSA) is 49.3 Å². The average molecular weight is 284 g/mol. The maximum atomic E-state index is 11.1. The molecule has 16 heavy (non-hydrogen) atoms. The van der Waals surface area contributed by atoms with E-state index in [1.54, 1.807) is 6.07 Å². The smallest absolute Gasteiger partial charge is 0.336 e. The van der Waals surface area contributed by atoms with Gasteiger partial charge in [-0.05, 0) is 43.5 Å². The van der Waals surface area contributed by atoms with Crippen LogP contribution < -0.4 is 5.32 Å². The highest BCUT2D eigenvalue weighted by molar-refractivity contribution is 9.10. The molecule has 0 saturated carbocycles. The molecule has 3 nitrogen and oxygen atoms in total. The monoisotopic (exact) mass is 283 g/mol. The van der Waals surface area contributed by atoms with Crippen LogP contribution in [0.15, 0.2) is 22.7 Å². The van der Waals surface area contributed by atoms with Crippen molar-refractivity contribution in [1.29, 1.82) is 0 Å². The van der Waals surface area contributed by atoms with E-state index in [-0.39, 0.29) is 0 Å². The summed E-state index contributed by atoms with van der Waals surface area (Å²) in [5.74, 6) is -0.853. The average Bonchev–Trinajstić information content (AvgIpc) is 2.73. The Balaban J connectivity index is 2.21. The molecule has 0 spiro atoms. The predicted octanol–water partition coefficient (Wildman–Crippen LogP) is 2.44. The third-order valence-corrected chi connectivity index (χ3v) is 3.42. The van der Waals surface area contributed by atoms with Gasteiger partial charge in [-0.15, -0.1) is 0 Å². The van der Waals surface area contributed by atoms with Gasteiger partial charge in [0.2, 0.25) is 0 Å². The van der Waals surface area contributed by atoms with Crippen molar-refractivity contribution >= 4 is 21.9 Å². The highest BCUT2D eigenvalue weighted by Gasteiger charge is 2.18. The quantitative estimate of drug-likeness (QED) is 0.896. The summed E-state index contributed by atoms with van der Waals surface area (Å²) in [5.41, 5.74) is 1.32. The van der Waals surface area contributed by atoms with E-state index in [2.05, 4.69) is 21.2 Å². The van der Waals surface area contributed by atoms with Gasteiger partial charge in [-0.3, -0.25) is 0 Å². The first-order valence-corrected chi connectivity index (χ1v) is 6.21. The highest BCUT2D eigenvalue weighted by atomic mass is 79.9. The number of rotatable bonds is 3. The number of carboxylic acids is 1. The SMILES string of the molecule is O=C(O)c1cc(Br)ccc1CC1CCCN1. The molecule has 1 unspecified atom stereocenters. The first-order chi connectivity index (χ1) is 7.66. The van der Waals surface area contributed by atoms with Crippen LogP contribution in [0.1, 0.15) is 28.8 Å². The van der Waals surface area contributed by atoms with Gasteiger partial charge in [0, 0.05) is 10.5 Å². The van der Waals surface area contributed by atoms with Crippen LogP contribution in [0.2, 0.25) is 0 Å². The second-order valence-electron chi connectivity index (χ2n) is 4.10. The van der Waals surface area contributed by atoms with Crippen molar-refractivity contribution in [3.63, 3.8) is 0 Å². The van der Waals surface area contributed by atoms with Gasteiger partial charge in [-0.25, -0.2) is 4.79 Å². The minimum atomic E-state index is -0.853. The van der Waals surface area contributed by atoms with Gasteiger partial charge >= 0.3 is 5.97 Å². The maximum absolute atomic E-state index is 11.1. The van der Waals surface area contributed by atoms with Crippen LogP contribution in [-0.2, 0) is 6.42 Å². The molecule has 0 aromatic heterocycles. The zero-order valence-electron chi connectivity index (χ0n) is 8.87. The molecule has 1 aliphatic rings. The van der Waals surface area contributed by atoms with Crippen LogP contribution in [0.5, 0.6) is 0 Å². The summed E-state index contributed by atoms with van der Waals surface area (Å²) in [5, 5.41) is 12.5. The van der Waals surface area contributed by atoms with Gasteiger partial charge < -0.3 is 10.4 Å². The van der Waals surface area contributed by atoms with E-state index in [9.17, 15) is 4.79 Å². The van der Waals surface area contributed by atoms with E-state index in [1.165, 1.54) is 6.42 Å². The van der Waals surface area contributed by atoms with E-state index in [1.807, 2.05) is 12.1 Å². The van der Waals surface area contributed by atoms with E-state index in [0.717, 1.165) is 29.4 Å². The molecule has 1 heterocycles. The number of carbonyl (C=O) groups is 1. The van der Waals surface area contributed by atoms with Crippen molar-refractivity contribution in [1.82, 2.24) is 5.32 Å². The Morgan fingerprint density at radius 1 is 1.56 bits per heavy atom. The van der Waals surface area contributed by atoms with Crippen molar-refractivity contribution in [3.05, 3.63) is 33.8 Å². The summed E-state index contributed by atoms with van der Waals surface area (Å²) in [6, 6.07) is 5.90.